The first-order chi connectivity index (χ1) is 7.34. The molecule has 0 saturated carbocycles. The zero-order chi connectivity index (χ0) is 10.3. The van der Waals surface area contributed by atoms with Crippen LogP contribution in [0.1, 0.15) is 23.5 Å². The molecule has 0 aliphatic carbocycles. The lowest BCUT2D eigenvalue weighted by Crippen LogP contribution is -2.09. The molecule has 1 saturated heterocycles. The summed E-state index contributed by atoms with van der Waals surface area (Å²) in [6.07, 6.45) is 1.96. The molecule has 1 aromatic carbocycles. The van der Waals surface area contributed by atoms with E-state index in [0.29, 0.717) is 12.5 Å². The average molecular weight is 207 g/mol. The highest BCUT2D eigenvalue weighted by Crippen LogP contribution is 2.33. The lowest BCUT2D eigenvalue weighted by atomic mass is 9.95. The molecule has 2 nitrogen and oxygen atoms in total. The van der Waals surface area contributed by atoms with Crippen LogP contribution in [0, 0.1) is 5.82 Å². The molecular weight excluding hydrogens is 193 g/mol. The highest BCUT2D eigenvalue weighted by molar-refractivity contribution is 5.42. The van der Waals surface area contributed by atoms with Gasteiger partial charge >= 0.3 is 0 Å². The Hall–Kier alpha value is -1.09. The molecule has 0 radical (unpaired) electrons. The molecule has 0 spiro atoms. The first-order valence-electron chi connectivity index (χ1n) is 5.50. The summed E-state index contributed by atoms with van der Waals surface area (Å²) in [5, 5.41) is 3.27. The van der Waals surface area contributed by atoms with E-state index in [0.717, 1.165) is 37.2 Å². The first-order valence-corrected chi connectivity index (χ1v) is 5.50. The van der Waals surface area contributed by atoms with Crippen LogP contribution in [0.2, 0.25) is 0 Å². The van der Waals surface area contributed by atoms with Crippen molar-refractivity contribution in [2.45, 2.75) is 18.8 Å². The largest absolute Gasteiger partial charge is 0.493 e. The van der Waals surface area contributed by atoms with Crippen LogP contribution in [-0.4, -0.2) is 19.7 Å². The highest BCUT2D eigenvalue weighted by Gasteiger charge is 2.23. The van der Waals surface area contributed by atoms with Gasteiger partial charge in [0.15, 0.2) is 0 Å². The molecule has 0 amide bonds. The Morgan fingerprint density at radius 1 is 1.40 bits per heavy atom. The van der Waals surface area contributed by atoms with Crippen LogP contribution in [0.5, 0.6) is 5.75 Å². The van der Waals surface area contributed by atoms with Crippen LogP contribution in [-0.2, 0) is 6.42 Å². The standard InChI is InChI=1S/C12H14FNO/c13-11-6-12-8(2-4-15-12)5-10(11)9-1-3-14-7-9/h5-6,9,14H,1-4,7H2. The molecule has 1 atom stereocenters. The van der Waals surface area contributed by atoms with E-state index < -0.39 is 0 Å². The summed E-state index contributed by atoms with van der Waals surface area (Å²) in [5.74, 6) is 0.974. The van der Waals surface area contributed by atoms with Gasteiger partial charge in [0.1, 0.15) is 11.6 Å². The predicted octanol–water partition coefficient (Wildman–Crippen LogP) is 1.84. The maximum atomic E-state index is 13.8. The summed E-state index contributed by atoms with van der Waals surface area (Å²) in [7, 11) is 0. The summed E-state index contributed by atoms with van der Waals surface area (Å²) < 4.78 is 19.1. The minimum Gasteiger partial charge on any atom is -0.493 e. The number of hydrogen-bond acceptors (Lipinski definition) is 2. The van der Waals surface area contributed by atoms with Crippen molar-refractivity contribution < 1.29 is 9.13 Å². The van der Waals surface area contributed by atoms with Gasteiger partial charge in [-0.05, 0) is 30.2 Å². The minimum atomic E-state index is -0.107. The van der Waals surface area contributed by atoms with Gasteiger partial charge in [0.05, 0.1) is 6.61 Å². The van der Waals surface area contributed by atoms with Crippen molar-refractivity contribution in [2.75, 3.05) is 19.7 Å². The minimum absolute atomic E-state index is 0.107. The summed E-state index contributed by atoms with van der Waals surface area (Å²) >= 11 is 0. The quantitative estimate of drug-likeness (QED) is 0.758. The summed E-state index contributed by atoms with van der Waals surface area (Å²) in [4.78, 5) is 0. The Morgan fingerprint density at radius 2 is 2.33 bits per heavy atom. The van der Waals surface area contributed by atoms with Gasteiger partial charge in [-0.3, -0.25) is 0 Å². The van der Waals surface area contributed by atoms with E-state index in [4.69, 9.17) is 4.74 Å². The Bertz CT molecular complexity index is 385. The predicted molar refractivity (Wildman–Crippen MR) is 55.8 cm³/mol. The van der Waals surface area contributed by atoms with Crippen molar-refractivity contribution >= 4 is 0 Å². The smallest absolute Gasteiger partial charge is 0.130 e. The number of benzene rings is 1. The fraction of sp³-hybridized carbons (Fsp3) is 0.500. The number of halogens is 1. The third-order valence-electron chi connectivity index (χ3n) is 3.31. The molecule has 80 valence electrons. The SMILES string of the molecule is Fc1cc2c(cc1C1CCNC1)CCO2. The summed E-state index contributed by atoms with van der Waals surface area (Å²) in [6, 6.07) is 3.55. The van der Waals surface area contributed by atoms with Crippen molar-refractivity contribution in [3.8, 4) is 5.75 Å². The van der Waals surface area contributed by atoms with Gasteiger partial charge in [-0.15, -0.1) is 0 Å². The fourth-order valence-electron chi connectivity index (χ4n) is 2.45. The van der Waals surface area contributed by atoms with Crippen LogP contribution in [0.3, 0.4) is 0 Å². The van der Waals surface area contributed by atoms with Gasteiger partial charge in [-0.25, -0.2) is 4.39 Å². The van der Waals surface area contributed by atoms with E-state index >= 15 is 0 Å². The van der Waals surface area contributed by atoms with Crippen molar-refractivity contribution in [1.82, 2.24) is 5.32 Å². The number of ether oxygens (including phenoxy) is 1. The molecule has 2 aliphatic heterocycles. The number of rotatable bonds is 1. The normalized spacial score (nSPS) is 23.9. The molecule has 0 aromatic heterocycles. The summed E-state index contributed by atoms with van der Waals surface area (Å²) in [6.45, 7) is 2.59. The van der Waals surface area contributed by atoms with Crippen LogP contribution in [0.4, 0.5) is 4.39 Å². The molecule has 1 N–H and O–H groups in total. The van der Waals surface area contributed by atoms with E-state index in [-0.39, 0.29) is 5.82 Å². The number of nitrogens with one attached hydrogen (secondary N) is 1. The molecule has 0 bridgehead atoms. The van der Waals surface area contributed by atoms with Crippen molar-refractivity contribution in [1.29, 1.82) is 0 Å². The Labute approximate surface area is 88.4 Å². The van der Waals surface area contributed by atoms with Gasteiger partial charge in [0.25, 0.3) is 0 Å². The molecule has 1 aromatic rings. The Balaban J connectivity index is 2.00. The lowest BCUT2D eigenvalue weighted by molar-refractivity contribution is 0.355. The molecule has 3 rings (SSSR count). The third kappa shape index (κ3) is 1.51. The highest BCUT2D eigenvalue weighted by atomic mass is 19.1. The molecule has 1 fully saturated rings. The molecular formula is C12H14FNO. The fourth-order valence-corrected chi connectivity index (χ4v) is 2.45. The third-order valence-corrected chi connectivity index (χ3v) is 3.31. The second kappa shape index (κ2) is 3.49. The van der Waals surface area contributed by atoms with Crippen LogP contribution in [0.25, 0.3) is 0 Å². The number of hydrogen-bond donors (Lipinski definition) is 1. The van der Waals surface area contributed by atoms with Gasteiger partial charge in [-0.1, -0.05) is 0 Å². The van der Waals surface area contributed by atoms with E-state index in [1.165, 1.54) is 5.56 Å². The van der Waals surface area contributed by atoms with Gasteiger partial charge < -0.3 is 10.1 Å². The molecule has 2 heterocycles. The topological polar surface area (TPSA) is 21.3 Å². The van der Waals surface area contributed by atoms with Crippen LogP contribution in [0.15, 0.2) is 12.1 Å². The van der Waals surface area contributed by atoms with Gasteiger partial charge in [0.2, 0.25) is 0 Å². The van der Waals surface area contributed by atoms with Crippen molar-refractivity contribution in [2.24, 2.45) is 0 Å². The first kappa shape index (κ1) is 9.16. The lowest BCUT2D eigenvalue weighted by Gasteiger charge is -2.11. The van der Waals surface area contributed by atoms with Crippen LogP contribution < -0.4 is 10.1 Å². The zero-order valence-electron chi connectivity index (χ0n) is 8.55. The van der Waals surface area contributed by atoms with E-state index in [2.05, 4.69) is 5.32 Å². The molecule has 3 heteroatoms. The van der Waals surface area contributed by atoms with Gasteiger partial charge in [-0.2, -0.15) is 0 Å². The van der Waals surface area contributed by atoms with Crippen molar-refractivity contribution in [3.63, 3.8) is 0 Å². The summed E-state index contributed by atoms with van der Waals surface area (Å²) in [5.41, 5.74) is 2.03. The number of fused-ring (bicyclic) bond motifs is 1. The van der Waals surface area contributed by atoms with E-state index in [1.54, 1.807) is 6.07 Å². The second-order valence-electron chi connectivity index (χ2n) is 4.27. The Kier molecular flexibility index (Phi) is 2.13. The molecule has 1 unspecified atom stereocenters. The van der Waals surface area contributed by atoms with E-state index in [1.807, 2.05) is 6.07 Å². The average Bonchev–Trinajstić information content (AvgIpc) is 2.85. The van der Waals surface area contributed by atoms with Gasteiger partial charge in [0, 0.05) is 24.9 Å². The van der Waals surface area contributed by atoms with Crippen LogP contribution >= 0.6 is 0 Å². The maximum absolute atomic E-state index is 13.8. The maximum Gasteiger partial charge on any atom is 0.130 e. The monoisotopic (exact) mass is 207 g/mol. The zero-order valence-corrected chi connectivity index (χ0v) is 8.55. The molecule has 2 aliphatic rings. The van der Waals surface area contributed by atoms with E-state index in [9.17, 15) is 4.39 Å². The Morgan fingerprint density at radius 3 is 3.13 bits per heavy atom. The second-order valence-corrected chi connectivity index (χ2v) is 4.27. The molecule has 15 heavy (non-hydrogen) atoms. The van der Waals surface area contributed by atoms with Crippen molar-refractivity contribution in [3.05, 3.63) is 29.1 Å².